The first-order valence-electron chi connectivity index (χ1n) is 16.6. The fourth-order valence-electron chi connectivity index (χ4n) is 7.46. The van der Waals surface area contributed by atoms with Crippen LogP contribution in [-0.2, 0) is 0 Å². The maximum atomic E-state index is 5.32. The van der Waals surface area contributed by atoms with Crippen molar-refractivity contribution < 1.29 is 0 Å². The summed E-state index contributed by atoms with van der Waals surface area (Å²) in [6, 6.07) is 60.8. The minimum absolute atomic E-state index is 0.716. The molecule has 0 bridgehead atoms. The van der Waals surface area contributed by atoms with E-state index >= 15 is 0 Å². The van der Waals surface area contributed by atoms with E-state index in [0.717, 1.165) is 33.6 Å². The molecule has 0 radical (unpaired) electrons. The van der Waals surface area contributed by atoms with Gasteiger partial charge in [0.05, 0.1) is 11.4 Å². The van der Waals surface area contributed by atoms with Gasteiger partial charge >= 0.3 is 0 Å². The molecule has 228 valence electrons. The van der Waals surface area contributed by atoms with Crippen molar-refractivity contribution in [3.05, 3.63) is 170 Å². The molecule has 2 aromatic heterocycles. The van der Waals surface area contributed by atoms with Gasteiger partial charge in [-0.2, -0.15) is 0 Å². The number of thiophene rings is 1. The molecule has 2 heterocycles. The monoisotopic (exact) mass is 640 g/mol. The Morgan fingerprint density at radius 1 is 0.367 bits per heavy atom. The van der Waals surface area contributed by atoms with Crippen LogP contribution >= 0.6 is 11.3 Å². The Labute approximate surface area is 287 Å². The quantitative estimate of drug-likeness (QED) is 0.141. The molecule has 10 aromatic rings. The Hall–Kier alpha value is -6.16. The summed E-state index contributed by atoms with van der Waals surface area (Å²) in [6.45, 7) is 0. The van der Waals surface area contributed by atoms with Gasteiger partial charge in [-0.25, -0.2) is 9.97 Å². The second-order valence-electron chi connectivity index (χ2n) is 12.5. The molecule has 0 aliphatic heterocycles. The predicted octanol–water partition coefficient (Wildman–Crippen LogP) is 13.0. The lowest BCUT2D eigenvalue weighted by molar-refractivity contribution is 1.19. The van der Waals surface area contributed by atoms with E-state index < -0.39 is 0 Å². The third-order valence-corrected chi connectivity index (χ3v) is 10.8. The smallest absolute Gasteiger partial charge is 0.160 e. The zero-order valence-corrected chi connectivity index (χ0v) is 27.3. The number of benzene rings is 8. The highest BCUT2D eigenvalue weighted by Crippen LogP contribution is 2.44. The van der Waals surface area contributed by atoms with Crippen molar-refractivity contribution in [2.75, 3.05) is 0 Å². The maximum Gasteiger partial charge on any atom is 0.160 e. The van der Waals surface area contributed by atoms with Crippen molar-refractivity contribution in [1.82, 2.24) is 9.97 Å². The first-order valence-corrected chi connectivity index (χ1v) is 17.4. The van der Waals surface area contributed by atoms with Gasteiger partial charge in [0, 0.05) is 36.9 Å². The molecule has 8 aromatic carbocycles. The van der Waals surface area contributed by atoms with Crippen molar-refractivity contribution in [2.45, 2.75) is 0 Å². The van der Waals surface area contributed by atoms with Crippen molar-refractivity contribution in [3.63, 3.8) is 0 Å². The minimum atomic E-state index is 0.716. The highest BCUT2D eigenvalue weighted by atomic mass is 32.1. The van der Waals surface area contributed by atoms with E-state index in [1.165, 1.54) is 58.1 Å². The number of fused-ring (bicyclic) bond motifs is 7. The molecule has 0 aliphatic carbocycles. The van der Waals surface area contributed by atoms with E-state index in [0.29, 0.717) is 5.82 Å². The highest BCUT2D eigenvalue weighted by Gasteiger charge is 2.19. The van der Waals surface area contributed by atoms with Gasteiger partial charge in [-0.15, -0.1) is 11.3 Å². The summed E-state index contributed by atoms with van der Waals surface area (Å²) in [5, 5.41) is 9.94. The van der Waals surface area contributed by atoms with Gasteiger partial charge in [-0.1, -0.05) is 146 Å². The Bertz CT molecular complexity index is 2890. The second-order valence-corrected chi connectivity index (χ2v) is 13.6. The molecule has 10 rings (SSSR count). The average molecular weight is 641 g/mol. The third kappa shape index (κ3) is 4.55. The van der Waals surface area contributed by atoms with Crippen LogP contribution in [0.2, 0.25) is 0 Å². The standard InChI is InChI=1S/C46H28N2S/c1-2-14-30(15-3-1)46-47-40(28-41(48-46)37-22-12-24-43-45(37)38-21-10-11-23-42(38)49-43)34-19-8-9-20-35(34)44-33-18-7-5-16-31(33)27-39-32-17-6-4-13-29(32)25-26-36(39)44/h1-28H. The summed E-state index contributed by atoms with van der Waals surface area (Å²) in [5.74, 6) is 0.716. The molecule has 0 N–H and O–H groups in total. The Kier molecular flexibility index (Phi) is 6.39. The predicted molar refractivity (Wildman–Crippen MR) is 209 cm³/mol. The van der Waals surface area contributed by atoms with E-state index in [4.69, 9.17) is 9.97 Å². The molecule has 0 unspecified atom stereocenters. The number of rotatable bonds is 4. The van der Waals surface area contributed by atoms with Crippen molar-refractivity contribution in [2.24, 2.45) is 0 Å². The Balaban J connectivity index is 1.28. The van der Waals surface area contributed by atoms with Crippen LogP contribution in [-0.4, -0.2) is 9.97 Å². The summed E-state index contributed by atoms with van der Waals surface area (Å²) in [5.41, 5.74) is 7.39. The highest BCUT2D eigenvalue weighted by molar-refractivity contribution is 7.25. The van der Waals surface area contributed by atoms with E-state index in [1.54, 1.807) is 0 Å². The first-order chi connectivity index (χ1) is 24.3. The summed E-state index contributed by atoms with van der Waals surface area (Å²) in [4.78, 5) is 10.6. The maximum absolute atomic E-state index is 5.32. The van der Waals surface area contributed by atoms with Crippen LogP contribution in [0.4, 0.5) is 0 Å². The lowest BCUT2D eigenvalue weighted by Gasteiger charge is -2.17. The van der Waals surface area contributed by atoms with Gasteiger partial charge in [0.2, 0.25) is 0 Å². The molecule has 0 saturated heterocycles. The number of nitrogens with zero attached hydrogens (tertiary/aromatic N) is 2. The number of hydrogen-bond acceptors (Lipinski definition) is 3. The largest absolute Gasteiger partial charge is 0.228 e. The summed E-state index contributed by atoms with van der Waals surface area (Å²) < 4.78 is 2.54. The SMILES string of the molecule is c1ccc(-c2nc(-c3ccccc3-c3c4ccccc4cc4c3ccc3ccccc34)cc(-c3cccc4sc5ccccc5c34)n2)cc1. The minimum Gasteiger partial charge on any atom is -0.228 e. The molecule has 3 heteroatoms. The fraction of sp³-hybridized carbons (Fsp3) is 0. The zero-order valence-electron chi connectivity index (χ0n) is 26.5. The number of aromatic nitrogens is 2. The van der Waals surface area contributed by atoms with Crippen LogP contribution in [0.1, 0.15) is 0 Å². The van der Waals surface area contributed by atoms with Crippen molar-refractivity contribution in [1.29, 1.82) is 0 Å². The van der Waals surface area contributed by atoms with E-state index in [9.17, 15) is 0 Å². The van der Waals surface area contributed by atoms with Crippen LogP contribution in [0, 0.1) is 0 Å². The molecule has 49 heavy (non-hydrogen) atoms. The third-order valence-electron chi connectivity index (χ3n) is 9.68. The lowest BCUT2D eigenvalue weighted by atomic mass is 9.87. The van der Waals surface area contributed by atoms with Gasteiger partial charge in [0.15, 0.2) is 5.82 Å². The van der Waals surface area contributed by atoms with Crippen LogP contribution < -0.4 is 0 Å². The van der Waals surface area contributed by atoms with E-state index in [-0.39, 0.29) is 0 Å². The van der Waals surface area contributed by atoms with Crippen molar-refractivity contribution in [3.8, 4) is 45.0 Å². The van der Waals surface area contributed by atoms with Crippen molar-refractivity contribution >= 4 is 63.8 Å². The molecule has 0 fully saturated rings. The van der Waals surface area contributed by atoms with Gasteiger partial charge in [-0.3, -0.25) is 0 Å². The zero-order chi connectivity index (χ0) is 32.3. The first kappa shape index (κ1) is 27.9. The van der Waals surface area contributed by atoms with Gasteiger partial charge in [-0.05, 0) is 67.7 Å². The fourth-order valence-corrected chi connectivity index (χ4v) is 8.59. The molecule has 0 saturated carbocycles. The van der Waals surface area contributed by atoms with Gasteiger partial charge in [0.1, 0.15) is 0 Å². The summed E-state index contributed by atoms with van der Waals surface area (Å²) in [7, 11) is 0. The van der Waals surface area contributed by atoms with E-state index in [1.807, 2.05) is 17.4 Å². The molecular weight excluding hydrogens is 613 g/mol. The molecule has 0 atom stereocenters. The summed E-state index contributed by atoms with van der Waals surface area (Å²) >= 11 is 1.83. The molecule has 0 spiro atoms. The van der Waals surface area contributed by atoms with Crippen LogP contribution in [0.3, 0.4) is 0 Å². The normalized spacial score (nSPS) is 11.7. The molecule has 2 nitrogen and oxygen atoms in total. The average Bonchev–Trinajstić information content (AvgIpc) is 3.56. The molecular formula is C46H28N2S. The second kappa shape index (κ2) is 11.2. The van der Waals surface area contributed by atoms with Gasteiger partial charge < -0.3 is 0 Å². The Morgan fingerprint density at radius 2 is 1.00 bits per heavy atom. The lowest BCUT2D eigenvalue weighted by Crippen LogP contribution is -1.97. The number of hydrogen-bond donors (Lipinski definition) is 0. The van der Waals surface area contributed by atoms with E-state index in [2.05, 4.69) is 164 Å². The summed E-state index contributed by atoms with van der Waals surface area (Å²) in [6.07, 6.45) is 0. The molecule has 0 amide bonds. The molecule has 0 aliphatic rings. The topological polar surface area (TPSA) is 25.8 Å². The Morgan fingerprint density at radius 3 is 1.86 bits per heavy atom. The van der Waals surface area contributed by atoms with Crippen LogP contribution in [0.5, 0.6) is 0 Å². The van der Waals surface area contributed by atoms with Crippen LogP contribution in [0.25, 0.3) is 97.5 Å². The van der Waals surface area contributed by atoms with Gasteiger partial charge in [0.25, 0.3) is 0 Å². The van der Waals surface area contributed by atoms with Crippen LogP contribution in [0.15, 0.2) is 170 Å².